The van der Waals surface area contributed by atoms with Crippen LogP contribution in [0, 0.1) is 0 Å². The average molecular weight is 321 g/mol. The lowest BCUT2D eigenvalue weighted by molar-refractivity contribution is -0.125. The van der Waals surface area contributed by atoms with Crippen molar-refractivity contribution in [3.63, 3.8) is 0 Å². The molecule has 23 heavy (non-hydrogen) atoms. The predicted molar refractivity (Wildman–Crippen MR) is 90.2 cm³/mol. The fourth-order valence-corrected chi connectivity index (χ4v) is 2.10. The van der Waals surface area contributed by atoms with Gasteiger partial charge in [-0.1, -0.05) is 18.2 Å². The third kappa shape index (κ3) is 7.65. The van der Waals surface area contributed by atoms with Gasteiger partial charge in [0.05, 0.1) is 20.2 Å². The van der Waals surface area contributed by atoms with Crippen molar-refractivity contribution >= 4 is 11.8 Å². The number of nitrogens with zero attached hydrogens (tertiary/aromatic N) is 1. The number of carbonyl (C=O) groups excluding carboxylic acids is 2. The molecule has 0 bridgehead atoms. The summed E-state index contributed by atoms with van der Waals surface area (Å²) in [6.45, 7) is 6.50. The van der Waals surface area contributed by atoms with Gasteiger partial charge >= 0.3 is 0 Å². The molecule has 0 atom stereocenters. The van der Waals surface area contributed by atoms with Crippen LogP contribution in [0.25, 0.3) is 0 Å². The smallest absolute Gasteiger partial charge is 0.234 e. The van der Waals surface area contributed by atoms with Gasteiger partial charge in [-0.3, -0.25) is 14.5 Å². The van der Waals surface area contributed by atoms with E-state index < -0.39 is 0 Å². The van der Waals surface area contributed by atoms with Crippen LogP contribution < -0.4 is 15.4 Å². The molecule has 2 amide bonds. The standard InChI is InChI=1S/C17H27N3O3/c1-17(2,3)19-16(22)12-20(4)11-15(21)18-10-13-8-6-7-9-14(13)23-5/h6-9H,10-12H2,1-5H3,(H,18,21)(H,19,22). The number of hydrogen-bond acceptors (Lipinski definition) is 4. The molecule has 1 aromatic rings. The second-order valence-corrected chi connectivity index (χ2v) is 6.56. The van der Waals surface area contributed by atoms with E-state index in [2.05, 4.69) is 10.6 Å². The zero-order valence-electron chi connectivity index (χ0n) is 14.6. The van der Waals surface area contributed by atoms with Gasteiger partial charge < -0.3 is 15.4 Å². The predicted octanol–water partition coefficient (Wildman–Crippen LogP) is 1.16. The third-order valence-electron chi connectivity index (χ3n) is 3.01. The highest BCUT2D eigenvalue weighted by Crippen LogP contribution is 2.16. The summed E-state index contributed by atoms with van der Waals surface area (Å²) in [5, 5.41) is 5.70. The van der Waals surface area contributed by atoms with Crippen LogP contribution in [0.1, 0.15) is 26.3 Å². The summed E-state index contributed by atoms with van der Waals surface area (Å²) in [5.41, 5.74) is 0.640. The lowest BCUT2D eigenvalue weighted by Gasteiger charge is -2.23. The van der Waals surface area contributed by atoms with E-state index >= 15 is 0 Å². The molecule has 0 aliphatic rings. The van der Waals surface area contributed by atoms with E-state index in [0.29, 0.717) is 6.54 Å². The molecule has 0 saturated heterocycles. The normalized spacial score (nSPS) is 11.2. The van der Waals surface area contributed by atoms with E-state index in [1.54, 1.807) is 19.1 Å². The molecular weight excluding hydrogens is 294 g/mol. The second kappa shape index (κ2) is 8.53. The number of likely N-dealkylation sites (N-methyl/N-ethyl adjacent to an activating group) is 1. The lowest BCUT2D eigenvalue weighted by Crippen LogP contribution is -2.46. The Balaban J connectivity index is 2.40. The minimum absolute atomic E-state index is 0.0995. The summed E-state index contributed by atoms with van der Waals surface area (Å²) in [4.78, 5) is 25.5. The summed E-state index contributed by atoms with van der Waals surface area (Å²) in [6.07, 6.45) is 0. The zero-order valence-corrected chi connectivity index (χ0v) is 14.6. The molecule has 6 nitrogen and oxygen atoms in total. The van der Waals surface area contributed by atoms with Gasteiger partial charge in [0.2, 0.25) is 11.8 Å². The van der Waals surface area contributed by atoms with Gasteiger partial charge in [-0.15, -0.1) is 0 Å². The van der Waals surface area contributed by atoms with E-state index in [1.807, 2.05) is 45.0 Å². The highest BCUT2D eigenvalue weighted by molar-refractivity contribution is 5.81. The Kier molecular flexibility index (Phi) is 7.03. The molecule has 1 aromatic carbocycles. The molecule has 0 heterocycles. The maximum atomic E-state index is 12.0. The number of amides is 2. The van der Waals surface area contributed by atoms with Gasteiger partial charge in [-0.25, -0.2) is 0 Å². The van der Waals surface area contributed by atoms with Crippen LogP contribution in [0.3, 0.4) is 0 Å². The van der Waals surface area contributed by atoms with Crippen molar-refractivity contribution in [1.29, 1.82) is 0 Å². The fourth-order valence-electron chi connectivity index (χ4n) is 2.10. The zero-order chi connectivity index (χ0) is 17.5. The van der Waals surface area contributed by atoms with Crippen molar-refractivity contribution in [2.45, 2.75) is 32.9 Å². The van der Waals surface area contributed by atoms with E-state index in [1.165, 1.54) is 0 Å². The van der Waals surface area contributed by atoms with Gasteiger partial charge in [-0.05, 0) is 33.9 Å². The van der Waals surface area contributed by atoms with Crippen LogP contribution in [0.5, 0.6) is 5.75 Å². The average Bonchev–Trinajstić information content (AvgIpc) is 2.42. The number of ether oxygens (including phenoxy) is 1. The molecular formula is C17H27N3O3. The minimum Gasteiger partial charge on any atom is -0.496 e. The van der Waals surface area contributed by atoms with Crippen LogP contribution in [0.2, 0.25) is 0 Å². The first kappa shape index (κ1) is 19.0. The van der Waals surface area contributed by atoms with Crippen LogP contribution in [-0.2, 0) is 16.1 Å². The highest BCUT2D eigenvalue weighted by atomic mass is 16.5. The van der Waals surface area contributed by atoms with Crippen molar-refractivity contribution in [2.75, 3.05) is 27.2 Å². The molecule has 2 N–H and O–H groups in total. The van der Waals surface area contributed by atoms with Gasteiger partial charge in [0, 0.05) is 17.6 Å². The first-order valence-corrected chi connectivity index (χ1v) is 7.59. The van der Waals surface area contributed by atoms with Gasteiger partial charge in [0.25, 0.3) is 0 Å². The quantitative estimate of drug-likeness (QED) is 0.790. The largest absolute Gasteiger partial charge is 0.496 e. The molecule has 1 rings (SSSR count). The summed E-state index contributed by atoms with van der Waals surface area (Å²) < 4.78 is 5.24. The molecule has 0 aliphatic carbocycles. The van der Waals surface area contributed by atoms with Gasteiger partial charge in [0.1, 0.15) is 5.75 Å². The first-order chi connectivity index (χ1) is 10.7. The molecule has 0 saturated carbocycles. The van der Waals surface area contributed by atoms with Gasteiger partial charge in [0.15, 0.2) is 0 Å². The van der Waals surface area contributed by atoms with Crippen LogP contribution in [0.4, 0.5) is 0 Å². The topological polar surface area (TPSA) is 70.7 Å². The van der Waals surface area contributed by atoms with Gasteiger partial charge in [-0.2, -0.15) is 0 Å². The molecule has 0 spiro atoms. The molecule has 0 fully saturated rings. The lowest BCUT2D eigenvalue weighted by atomic mass is 10.1. The molecule has 0 unspecified atom stereocenters. The second-order valence-electron chi connectivity index (χ2n) is 6.56. The van der Waals surface area contributed by atoms with Crippen molar-refractivity contribution in [3.8, 4) is 5.75 Å². The third-order valence-corrected chi connectivity index (χ3v) is 3.01. The Morgan fingerprint density at radius 1 is 1.13 bits per heavy atom. The number of methoxy groups -OCH3 is 1. The molecule has 0 radical (unpaired) electrons. The Hall–Kier alpha value is -2.08. The highest BCUT2D eigenvalue weighted by Gasteiger charge is 2.16. The number of benzene rings is 1. The van der Waals surface area contributed by atoms with Crippen molar-refractivity contribution in [1.82, 2.24) is 15.5 Å². The van der Waals surface area contributed by atoms with Crippen LogP contribution in [0.15, 0.2) is 24.3 Å². The van der Waals surface area contributed by atoms with Crippen LogP contribution >= 0.6 is 0 Å². The van der Waals surface area contributed by atoms with Crippen molar-refractivity contribution in [3.05, 3.63) is 29.8 Å². The number of rotatable bonds is 7. The molecule has 128 valence electrons. The van der Waals surface area contributed by atoms with E-state index in [9.17, 15) is 9.59 Å². The molecule has 6 heteroatoms. The summed E-state index contributed by atoms with van der Waals surface area (Å²) in [7, 11) is 3.34. The summed E-state index contributed by atoms with van der Waals surface area (Å²) >= 11 is 0. The fraction of sp³-hybridized carbons (Fsp3) is 0.529. The number of hydrogen-bond donors (Lipinski definition) is 2. The Morgan fingerprint density at radius 3 is 2.35 bits per heavy atom. The summed E-state index contributed by atoms with van der Waals surface area (Å²) in [6, 6.07) is 7.53. The van der Waals surface area contributed by atoms with E-state index in [4.69, 9.17) is 4.74 Å². The van der Waals surface area contributed by atoms with Crippen molar-refractivity contribution < 1.29 is 14.3 Å². The number of nitrogens with one attached hydrogen (secondary N) is 2. The maximum Gasteiger partial charge on any atom is 0.234 e. The van der Waals surface area contributed by atoms with E-state index in [0.717, 1.165) is 11.3 Å². The maximum absolute atomic E-state index is 12.0. The van der Waals surface area contributed by atoms with E-state index in [-0.39, 0.29) is 30.4 Å². The Bertz CT molecular complexity index is 538. The monoisotopic (exact) mass is 321 g/mol. The molecule has 0 aromatic heterocycles. The Morgan fingerprint density at radius 2 is 1.74 bits per heavy atom. The first-order valence-electron chi connectivity index (χ1n) is 7.59. The number of para-hydroxylation sites is 1. The SMILES string of the molecule is COc1ccccc1CNC(=O)CN(C)CC(=O)NC(C)(C)C. The van der Waals surface area contributed by atoms with Crippen molar-refractivity contribution in [2.24, 2.45) is 0 Å². The Labute approximate surface area is 138 Å². The van der Waals surface area contributed by atoms with Crippen LogP contribution in [-0.4, -0.2) is 49.5 Å². The minimum atomic E-state index is -0.274. The number of carbonyl (C=O) groups is 2. The molecule has 0 aliphatic heterocycles. The summed E-state index contributed by atoms with van der Waals surface area (Å²) in [5.74, 6) is 0.505.